The first-order valence-corrected chi connectivity index (χ1v) is 12.3. The minimum absolute atomic E-state index is 0.444. The van der Waals surface area contributed by atoms with Crippen LogP contribution in [0.3, 0.4) is 0 Å². The van der Waals surface area contributed by atoms with Gasteiger partial charge in [0.1, 0.15) is 0 Å². The molecule has 0 heteroatoms. The lowest BCUT2D eigenvalue weighted by molar-refractivity contribution is 0.0689. The van der Waals surface area contributed by atoms with Gasteiger partial charge >= 0.3 is 0 Å². The van der Waals surface area contributed by atoms with Crippen molar-refractivity contribution in [2.45, 2.75) is 58.8 Å². The standard InChI is InChI=1S/C28H38/c1-28(2,21-14-13-20(17-21)26-16-18-11-12-19(26)15-18)27-24-9-5-3-7-22(24)23-8-4-6-10-25(23)27/h3-10,18-27H,11-17H2,1-2H3. The van der Waals surface area contributed by atoms with Gasteiger partial charge in [0.05, 0.1) is 0 Å². The zero-order valence-corrected chi connectivity index (χ0v) is 17.8. The fourth-order valence-corrected chi connectivity index (χ4v) is 9.24. The summed E-state index contributed by atoms with van der Waals surface area (Å²) < 4.78 is 0. The van der Waals surface area contributed by atoms with E-state index >= 15 is 0 Å². The molecule has 28 heavy (non-hydrogen) atoms. The van der Waals surface area contributed by atoms with Gasteiger partial charge in [-0.2, -0.15) is 0 Å². The molecule has 6 rings (SSSR count). The molecule has 0 radical (unpaired) electrons. The number of allylic oxidation sites excluding steroid dienone is 8. The number of hydrogen-bond donors (Lipinski definition) is 0. The topological polar surface area (TPSA) is 0 Å². The van der Waals surface area contributed by atoms with Crippen LogP contribution >= 0.6 is 0 Å². The highest BCUT2D eigenvalue weighted by atomic mass is 14.6. The molecule has 2 bridgehead atoms. The van der Waals surface area contributed by atoms with Gasteiger partial charge in [-0.1, -0.05) is 68.9 Å². The largest absolute Gasteiger partial charge is 0.0805 e. The molecule has 0 aromatic heterocycles. The van der Waals surface area contributed by atoms with Crippen molar-refractivity contribution in [2.24, 2.45) is 64.6 Å². The van der Waals surface area contributed by atoms with E-state index in [1.165, 1.54) is 19.3 Å². The molecule has 4 fully saturated rings. The van der Waals surface area contributed by atoms with Crippen LogP contribution in [-0.2, 0) is 0 Å². The fourth-order valence-electron chi connectivity index (χ4n) is 9.24. The normalized spacial score (nSPS) is 51.1. The van der Waals surface area contributed by atoms with E-state index in [0.29, 0.717) is 5.41 Å². The van der Waals surface area contributed by atoms with Crippen molar-refractivity contribution in [3.8, 4) is 0 Å². The Bertz CT molecular complexity index is 699. The molecule has 9 unspecified atom stereocenters. The lowest BCUT2D eigenvalue weighted by Gasteiger charge is -2.44. The summed E-state index contributed by atoms with van der Waals surface area (Å²) in [5.74, 6) is 9.02. The van der Waals surface area contributed by atoms with E-state index in [-0.39, 0.29) is 0 Å². The van der Waals surface area contributed by atoms with Crippen LogP contribution in [0.25, 0.3) is 0 Å². The molecule has 0 saturated heterocycles. The molecule has 0 amide bonds. The second-order valence-corrected chi connectivity index (χ2v) is 11.8. The minimum Gasteiger partial charge on any atom is -0.0805 e. The summed E-state index contributed by atoms with van der Waals surface area (Å²) in [5, 5.41) is 0. The highest BCUT2D eigenvalue weighted by molar-refractivity contribution is 5.29. The Balaban J connectivity index is 1.24. The van der Waals surface area contributed by atoms with Crippen LogP contribution in [0.2, 0.25) is 0 Å². The van der Waals surface area contributed by atoms with E-state index in [4.69, 9.17) is 0 Å². The van der Waals surface area contributed by atoms with Crippen molar-refractivity contribution in [2.75, 3.05) is 0 Å². The molecular formula is C28H38. The smallest absolute Gasteiger partial charge is 0.00954 e. The Morgan fingerprint density at radius 3 is 1.75 bits per heavy atom. The lowest BCUT2D eigenvalue weighted by Crippen LogP contribution is -2.38. The first-order valence-electron chi connectivity index (χ1n) is 12.3. The molecule has 0 aliphatic heterocycles. The van der Waals surface area contributed by atoms with Crippen LogP contribution in [0.1, 0.15) is 58.8 Å². The van der Waals surface area contributed by atoms with Crippen LogP contribution in [0.5, 0.6) is 0 Å². The molecule has 6 aliphatic rings. The van der Waals surface area contributed by atoms with Gasteiger partial charge in [-0.25, -0.2) is 0 Å². The summed E-state index contributed by atoms with van der Waals surface area (Å²) >= 11 is 0. The van der Waals surface area contributed by atoms with Crippen molar-refractivity contribution in [3.63, 3.8) is 0 Å². The van der Waals surface area contributed by atoms with E-state index in [1.54, 1.807) is 25.7 Å². The Morgan fingerprint density at radius 1 is 0.607 bits per heavy atom. The molecule has 0 spiro atoms. The van der Waals surface area contributed by atoms with Gasteiger partial charge in [0.2, 0.25) is 0 Å². The zero-order chi connectivity index (χ0) is 18.9. The molecule has 0 heterocycles. The summed E-state index contributed by atoms with van der Waals surface area (Å²) in [6.45, 7) is 5.31. The van der Waals surface area contributed by atoms with Gasteiger partial charge in [-0.15, -0.1) is 0 Å². The van der Waals surface area contributed by atoms with Crippen molar-refractivity contribution in [3.05, 3.63) is 48.6 Å². The van der Waals surface area contributed by atoms with Crippen molar-refractivity contribution in [1.29, 1.82) is 0 Å². The van der Waals surface area contributed by atoms with E-state index in [0.717, 1.165) is 59.2 Å². The first-order chi connectivity index (χ1) is 13.6. The SMILES string of the molecule is CC(C)(C1CCC(C2CC3CCC2C3)C1)C1C2C=CC=CC2C2C=CC=CC21. The highest BCUT2D eigenvalue weighted by Gasteiger charge is 2.56. The molecule has 0 aromatic carbocycles. The van der Waals surface area contributed by atoms with Gasteiger partial charge in [0, 0.05) is 0 Å². The highest BCUT2D eigenvalue weighted by Crippen LogP contribution is 2.63. The first kappa shape index (κ1) is 17.8. The predicted octanol–water partition coefficient (Wildman–Crippen LogP) is 7.21. The Kier molecular flexibility index (Phi) is 4.12. The Morgan fingerprint density at radius 2 is 1.18 bits per heavy atom. The number of hydrogen-bond acceptors (Lipinski definition) is 0. The van der Waals surface area contributed by atoms with Crippen LogP contribution in [0, 0.1) is 64.6 Å². The van der Waals surface area contributed by atoms with Gasteiger partial charge in [0.25, 0.3) is 0 Å². The third-order valence-corrected chi connectivity index (χ3v) is 10.5. The van der Waals surface area contributed by atoms with Gasteiger partial charge in [-0.05, 0) is 103 Å². The van der Waals surface area contributed by atoms with E-state index < -0.39 is 0 Å². The second kappa shape index (κ2) is 6.48. The van der Waals surface area contributed by atoms with Gasteiger partial charge in [-0.3, -0.25) is 0 Å². The molecule has 0 nitrogen and oxygen atoms in total. The average Bonchev–Trinajstić information content (AvgIpc) is 3.49. The third kappa shape index (κ3) is 2.55. The van der Waals surface area contributed by atoms with Crippen LogP contribution in [-0.4, -0.2) is 0 Å². The maximum absolute atomic E-state index is 2.66. The van der Waals surface area contributed by atoms with Gasteiger partial charge < -0.3 is 0 Å². The lowest BCUT2D eigenvalue weighted by atomic mass is 9.61. The number of rotatable bonds is 3. The predicted molar refractivity (Wildman–Crippen MR) is 118 cm³/mol. The summed E-state index contributed by atoms with van der Waals surface area (Å²) in [6.07, 6.45) is 30.3. The van der Waals surface area contributed by atoms with Gasteiger partial charge in [0.15, 0.2) is 0 Å². The molecule has 9 atom stereocenters. The zero-order valence-electron chi connectivity index (χ0n) is 17.8. The summed E-state index contributed by atoms with van der Waals surface area (Å²) in [6, 6.07) is 0. The minimum atomic E-state index is 0.444. The molecular weight excluding hydrogens is 336 g/mol. The molecule has 0 aromatic rings. The van der Waals surface area contributed by atoms with Crippen molar-refractivity contribution < 1.29 is 0 Å². The van der Waals surface area contributed by atoms with E-state index in [9.17, 15) is 0 Å². The summed E-state index contributed by atoms with van der Waals surface area (Å²) in [4.78, 5) is 0. The van der Waals surface area contributed by atoms with E-state index in [1.807, 2.05) is 0 Å². The Labute approximate surface area is 172 Å². The molecule has 4 saturated carbocycles. The van der Waals surface area contributed by atoms with Crippen molar-refractivity contribution in [1.82, 2.24) is 0 Å². The second-order valence-electron chi connectivity index (χ2n) is 11.8. The molecule has 6 aliphatic carbocycles. The molecule has 0 N–H and O–H groups in total. The monoisotopic (exact) mass is 374 g/mol. The molecule has 150 valence electrons. The quantitative estimate of drug-likeness (QED) is 0.489. The van der Waals surface area contributed by atoms with Crippen LogP contribution < -0.4 is 0 Å². The average molecular weight is 375 g/mol. The van der Waals surface area contributed by atoms with Crippen LogP contribution in [0.4, 0.5) is 0 Å². The maximum Gasteiger partial charge on any atom is -0.00954 e. The van der Waals surface area contributed by atoms with E-state index in [2.05, 4.69) is 62.5 Å². The third-order valence-electron chi connectivity index (χ3n) is 10.5. The van der Waals surface area contributed by atoms with Crippen molar-refractivity contribution >= 4 is 0 Å². The summed E-state index contributed by atoms with van der Waals surface area (Å²) in [5.41, 5.74) is 0.444. The van der Waals surface area contributed by atoms with Crippen LogP contribution in [0.15, 0.2) is 48.6 Å². The summed E-state index contributed by atoms with van der Waals surface area (Å²) in [7, 11) is 0. The fraction of sp³-hybridized carbons (Fsp3) is 0.714. The Hall–Kier alpha value is -1.04. The number of fused-ring (bicyclic) bond motifs is 5. The maximum atomic E-state index is 2.66.